The van der Waals surface area contributed by atoms with Crippen molar-refractivity contribution < 1.29 is 0 Å². The molecule has 0 atom stereocenters. The van der Waals surface area contributed by atoms with E-state index >= 15 is 0 Å². The van der Waals surface area contributed by atoms with Crippen molar-refractivity contribution in [2.45, 2.75) is 27.7 Å². The van der Waals surface area contributed by atoms with E-state index in [0.29, 0.717) is 0 Å². The number of aryl methyl sites for hydroxylation is 4. The third kappa shape index (κ3) is 9.67. The molecule has 0 aliphatic heterocycles. The van der Waals surface area contributed by atoms with E-state index in [1.807, 2.05) is 12.1 Å². The van der Waals surface area contributed by atoms with Crippen LogP contribution in [0, 0.1) is 27.7 Å². The Kier molecular flexibility index (Phi) is 12.4. The first-order valence-corrected chi connectivity index (χ1v) is 23.3. The van der Waals surface area contributed by atoms with E-state index in [2.05, 4.69) is 279 Å². The van der Waals surface area contributed by atoms with Crippen molar-refractivity contribution in [2.75, 3.05) is 20.4 Å². The lowest BCUT2D eigenvalue weighted by molar-refractivity contribution is 1.26. The van der Waals surface area contributed by atoms with E-state index in [-0.39, 0.29) is 0 Å². The van der Waals surface area contributed by atoms with Crippen LogP contribution in [0.15, 0.2) is 243 Å². The molecule has 10 rings (SSSR count). The van der Waals surface area contributed by atoms with E-state index < -0.39 is 0 Å². The third-order valence-electron chi connectivity index (χ3n) is 12.4. The van der Waals surface area contributed by atoms with Crippen LogP contribution in [-0.2, 0) is 0 Å². The van der Waals surface area contributed by atoms with Crippen molar-refractivity contribution in [1.82, 2.24) is 0 Å². The summed E-state index contributed by atoms with van der Waals surface area (Å²) in [6.07, 6.45) is 0. The molecule has 0 saturated heterocycles. The molecule has 10 aromatic carbocycles. The first-order valence-electron chi connectivity index (χ1n) is 23.3. The van der Waals surface area contributed by atoms with Gasteiger partial charge in [-0.1, -0.05) is 133 Å². The summed E-state index contributed by atoms with van der Waals surface area (Å²) in [5.41, 5.74) is 22.4. The van der Waals surface area contributed by atoms with Crippen LogP contribution >= 0.6 is 0 Å². The molecule has 330 valence electrons. The highest BCUT2D eigenvalue weighted by Gasteiger charge is 2.19. The van der Waals surface area contributed by atoms with Crippen molar-refractivity contribution in [2.24, 2.45) is 0 Å². The fourth-order valence-corrected chi connectivity index (χ4v) is 9.04. The molecule has 68 heavy (non-hydrogen) atoms. The average Bonchev–Trinajstić information content (AvgIpc) is 3.36. The van der Waals surface area contributed by atoms with Crippen LogP contribution in [0.2, 0.25) is 0 Å². The molecule has 0 bridgehead atoms. The standard InChI is InChI=1S/C64H54N4/c1-45-15-11-23-55(39-45)67(56-24-12-16-46(2)40-56)59-35-37-63(65-53-19-7-5-8-20-53)61(43-59)51-31-27-49(28-32-51)50-29-33-52(34-30-50)62-44-60(36-38-64(62)66-54-21-9-6-10-22-54)68(57-25-13-17-47(3)41-57)58-26-14-18-48(4)42-58/h5-44,65-66H,1-4H3. The van der Waals surface area contributed by atoms with Crippen LogP contribution in [0.25, 0.3) is 33.4 Å². The van der Waals surface area contributed by atoms with Gasteiger partial charge in [0.2, 0.25) is 0 Å². The molecule has 2 N–H and O–H groups in total. The molecule has 0 aliphatic carbocycles. The summed E-state index contributed by atoms with van der Waals surface area (Å²) in [4.78, 5) is 4.70. The number of anilines is 10. The van der Waals surface area contributed by atoms with Crippen molar-refractivity contribution >= 4 is 56.9 Å². The van der Waals surface area contributed by atoms with E-state index in [1.165, 1.54) is 22.3 Å². The fraction of sp³-hybridized carbons (Fsp3) is 0.0625. The Morgan fingerprint density at radius 2 is 0.544 bits per heavy atom. The third-order valence-corrected chi connectivity index (χ3v) is 12.4. The molecule has 0 aliphatic rings. The Morgan fingerprint density at radius 3 is 0.853 bits per heavy atom. The molecule has 10 aromatic rings. The Hall–Kier alpha value is -8.60. The number of nitrogens with zero attached hydrogens (tertiary/aromatic N) is 2. The van der Waals surface area contributed by atoms with Gasteiger partial charge in [-0.05, 0) is 181 Å². The van der Waals surface area contributed by atoms with Crippen molar-refractivity contribution in [1.29, 1.82) is 0 Å². The van der Waals surface area contributed by atoms with E-state index in [0.717, 1.165) is 90.3 Å². The number of hydrogen-bond acceptors (Lipinski definition) is 4. The number of nitrogens with one attached hydrogen (secondary N) is 2. The van der Waals surface area contributed by atoms with E-state index in [9.17, 15) is 0 Å². The van der Waals surface area contributed by atoms with Crippen LogP contribution < -0.4 is 20.4 Å². The number of benzene rings is 10. The van der Waals surface area contributed by atoms with Gasteiger partial charge in [0.1, 0.15) is 0 Å². The minimum Gasteiger partial charge on any atom is -0.355 e. The normalized spacial score (nSPS) is 10.9. The van der Waals surface area contributed by atoms with Gasteiger partial charge < -0.3 is 20.4 Å². The van der Waals surface area contributed by atoms with Gasteiger partial charge in [-0.3, -0.25) is 0 Å². The Morgan fingerprint density at radius 1 is 0.250 bits per heavy atom. The summed E-state index contributed by atoms with van der Waals surface area (Å²) in [5.74, 6) is 0. The van der Waals surface area contributed by atoms with Crippen LogP contribution in [-0.4, -0.2) is 0 Å². The van der Waals surface area contributed by atoms with Gasteiger partial charge in [0.25, 0.3) is 0 Å². The molecule has 0 unspecified atom stereocenters. The lowest BCUT2D eigenvalue weighted by Gasteiger charge is -2.27. The zero-order valence-electron chi connectivity index (χ0n) is 39.0. The summed E-state index contributed by atoms with van der Waals surface area (Å²) in [5, 5.41) is 7.46. The zero-order valence-corrected chi connectivity index (χ0v) is 39.0. The molecule has 0 saturated carbocycles. The van der Waals surface area contributed by atoms with Crippen LogP contribution in [0.1, 0.15) is 22.3 Å². The highest BCUT2D eigenvalue weighted by atomic mass is 15.1. The highest BCUT2D eigenvalue weighted by molar-refractivity contribution is 5.90. The van der Waals surface area contributed by atoms with E-state index in [4.69, 9.17) is 0 Å². The van der Waals surface area contributed by atoms with Crippen molar-refractivity contribution in [3.8, 4) is 33.4 Å². The molecular weight excluding hydrogens is 825 g/mol. The summed E-state index contributed by atoms with van der Waals surface area (Å²) in [6, 6.07) is 87.1. The summed E-state index contributed by atoms with van der Waals surface area (Å²) < 4.78 is 0. The Labute approximate surface area is 401 Å². The molecule has 4 nitrogen and oxygen atoms in total. The second-order valence-electron chi connectivity index (χ2n) is 17.6. The first kappa shape index (κ1) is 43.3. The summed E-state index contributed by atoms with van der Waals surface area (Å²) in [6.45, 7) is 8.60. The largest absolute Gasteiger partial charge is 0.355 e. The molecule has 0 amide bonds. The minimum absolute atomic E-state index is 1.04. The topological polar surface area (TPSA) is 30.5 Å². The maximum absolute atomic E-state index is 3.73. The number of para-hydroxylation sites is 2. The smallest absolute Gasteiger partial charge is 0.0469 e. The molecule has 0 radical (unpaired) electrons. The zero-order chi connectivity index (χ0) is 46.4. The highest BCUT2D eigenvalue weighted by Crippen LogP contribution is 2.43. The second kappa shape index (κ2) is 19.5. The quantitative estimate of drug-likeness (QED) is 0.121. The van der Waals surface area contributed by atoms with Crippen LogP contribution in [0.3, 0.4) is 0 Å². The SMILES string of the molecule is Cc1cccc(N(c2cccc(C)c2)c2ccc(Nc3ccccc3)c(-c3ccc(-c4ccc(-c5cc(N(c6cccc(C)c6)c6cccc(C)c6)ccc5Nc5ccccc5)cc4)cc3)c2)c1. The second-order valence-corrected chi connectivity index (χ2v) is 17.6. The molecule has 4 heteroatoms. The Bertz CT molecular complexity index is 3010. The van der Waals surface area contributed by atoms with Gasteiger partial charge in [0.15, 0.2) is 0 Å². The number of rotatable bonds is 13. The lowest BCUT2D eigenvalue weighted by Crippen LogP contribution is -2.10. The van der Waals surface area contributed by atoms with Gasteiger partial charge in [0, 0.05) is 68.0 Å². The van der Waals surface area contributed by atoms with Gasteiger partial charge in [0.05, 0.1) is 0 Å². The first-order chi connectivity index (χ1) is 33.3. The summed E-state index contributed by atoms with van der Waals surface area (Å²) in [7, 11) is 0. The predicted molar refractivity (Wildman–Crippen MR) is 291 cm³/mol. The number of hydrogen-bond donors (Lipinski definition) is 2. The maximum Gasteiger partial charge on any atom is 0.0469 e. The lowest BCUT2D eigenvalue weighted by atomic mass is 9.96. The summed E-state index contributed by atoms with van der Waals surface area (Å²) >= 11 is 0. The monoisotopic (exact) mass is 878 g/mol. The molecule has 0 fully saturated rings. The van der Waals surface area contributed by atoms with Crippen LogP contribution in [0.5, 0.6) is 0 Å². The minimum atomic E-state index is 1.04. The fourth-order valence-electron chi connectivity index (χ4n) is 9.04. The van der Waals surface area contributed by atoms with Gasteiger partial charge in [-0.2, -0.15) is 0 Å². The van der Waals surface area contributed by atoms with Gasteiger partial charge >= 0.3 is 0 Å². The predicted octanol–water partition coefficient (Wildman–Crippen LogP) is 18.3. The molecule has 0 spiro atoms. The van der Waals surface area contributed by atoms with Crippen molar-refractivity contribution in [3.63, 3.8) is 0 Å². The maximum atomic E-state index is 3.73. The van der Waals surface area contributed by atoms with E-state index in [1.54, 1.807) is 0 Å². The van der Waals surface area contributed by atoms with Crippen molar-refractivity contribution in [3.05, 3.63) is 265 Å². The molecule has 0 aromatic heterocycles. The van der Waals surface area contributed by atoms with Crippen LogP contribution in [0.4, 0.5) is 56.9 Å². The van der Waals surface area contributed by atoms with Gasteiger partial charge in [-0.15, -0.1) is 0 Å². The molecular formula is C64H54N4. The Balaban J connectivity index is 1.02. The average molecular weight is 879 g/mol. The van der Waals surface area contributed by atoms with Gasteiger partial charge in [-0.25, -0.2) is 0 Å². The molecule has 0 heterocycles.